The summed E-state index contributed by atoms with van der Waals surface area (Å²) in [5.74, 6) is -1.05. The van der Waals surface area contributed by atoms with Gasteiger partial charge in [0, 0.05) is 30.3 Å². The van der Waals surface area contributed by atoms with Crippen LogP contribution >= 0.6 is 0 Å². The third kappa shape index (κ3) is 3.27. The molecule has 1 aliphatic heterocycles. The van der Waals surface area contributed by atoms with Crippen molar-refractivity contribution in [3.05, 3.63) is 59.9 Å². The third-order valence-corrected chi connectivity index (χ3v) is 4.62. The SMILES string of the molecule is CC(O)c1nc(-c2cccc(N3CCCC3=O)c2)n(-c2ccc(F)cc2F)n1. The molecule has 6 nitrogen and oxygen atoms in total. The molecule has 8 heteroatoms. The van der Waals surface area contributed by atoms with Crippen molar-refractivity contribution in [3.8, 4) is 17.1 Å². The highest BCUT2D eigenvalue weighted by atomic mass is 19.1. The van der Waals surface area contributed by atoms with E-state index in [1.807, 2.05) is 6.07 Å². The van der Waals surface area contributed by atoms with Crippen LogP contribution in [0.15, 0.2) is 42.5 Å². The van der Waals surface area contributed by atoms with Gasteiger partial charge in [0.25, 0.3) is 0 Å². The number of carbonyl (C=O) groups is 1. The maximum absolute atomic E-state index is 14.4. The maximum Gasteiger partial charge on any atom is 0.227 e. The molecule has 1 fully saturated rings. The number of halogens is 2. The molecule has 3 aromatic rings. The summed E-state index contributed by atoms with van der Waals surface area (Å²) >= 11 is 0. The average molecular weight is 384 g/mol. The Morgan fingerprint density at radius 1 is 1.18 bits per heavy atom. The van der Waals surface area contributed by atoms with E-state index >= 15 is 0 Å². The van der Waals surface area contributed by atoms with E-state index < -0.39 is 17.7 Å². The van der Waals surface area contributed by atoms with E-state index in [-0.39, 0.29) is 23.2 Å². The van der Waals surface area contributed by atoms with Crippen LogP contribution in [-0.4, -0.2) is 32.3 Å². The van der Waals surface area contributed by atoms with Crippen LogP contribution in [0.1, 0.15) is 31.7 Å². The van der Waals surface area contributed by atoms with Gasteiger partial charge in [0.05, 0.1) is 0 Å². The zero-order valence-corrected chi connectivity index (χ0v) is 15.1. The van der Waals surface area contributed by atoms with Gasteiger partial charge in [-0.05, 0) is 37.6 Å². The Kier molecular flexibility index (Phi) is 4.64. The molecule has 0 saturated carbocycles. The molecule has 1 aliphatic rings. The number of hydrogen-bond acceptors (Lipinski definition) is 4. The van der Waals surface area contributed by atoms with E-state index in [1.54, 1.807) is 23.1 Å². The molecule has 1 aromatic heterocycles. The van der Waals surface area contributed by atoms with E-state index in [9.17, 15) is 18.7 Å². The van der Waals surface area contributed by atoms with Gasteiger partial charge in [0.1, 0.15) is 17.6 Å². The fraction of sp³-hybridized carbons (Fsp3) is 0.250. The Morgan fingerprint density at radius 3 is 2.68 bits per heavy atom. The first-order valence-corrected chi connectivity index (χ1v) is 8.95. The number of rotatable bonds is 4. The maximum atomic E-state index is 14.4. The van der Waals surface area contributed by atoms with Crippen molar-refractivity contribution >= 4 is 11.6 Å². The lowest BCUT2D eigenvalue weighted by Gasteiger charge is -2.16. The monoisotopic (exact) mass is 384 g/mol. The Labute approximate surface area is 160 Å². The topological polar surface area (TPSA) is 71.2 Å². The summed E-state index contributed by atoms with van der Waals surface area (Å²) in [7, 11) is 0. The number of hydrogen-bond donors (Lipinski definition) is 1. The molecule has 144 valence electrons. The number of nitrogens with zero attached hydrogens (tertiary/aromatic N) is 4. The number of benzene rings is 2. The summed E-state index contributed by atoms with van der Waals surface area (Å²) in [4.78, 5) is 18.1. The molecule has 0 aliphatic carbocycles. The van der Waals surface area contributed by atoms with Crippen molar-refractivity contribution in [2.45, 2.75) is 25.9 Å². The van der Waals surface area contributed by atoms with Gasteiger partial charge >= 0.3 is 0 Å². The highest BCUT2D eigenvalue weighted by Gasteiger charge is 2.23. The molecule has 0 bridgehead atoms. The number of carbonyl (C=O) groups excluding carboxylic acids is 1. The zero-order chi connectivity index (χ0) is 19.8. The third-order valence-electron chi connectivity index (χ3n) is 4.62. The highest BCUT2D eigenvalue weighted by molar-refractivity contribution is 5.95. The fourth-order valence-electron chi connectivity index (χ4n) is 3.25. The first-order valence-electron chi connectivity index (χ1n) is 8.95. The van der Waals surface area contributed by atoms with Gasteiger partial charge in [0.15, 0.2) is 17.5 Å². The predicted molar refractivity (Wildman–Crippen MR) is 98.9 cm³/mol. The van der Waals surface area contributed by atoms with E-state index in [0.717, 1.165) is 18.6 Å². The van der Waals surface area contributed by atoms with Crippen LogP contribution in [0.2, 0.25) is 0 Å². The Morgan fingerprint density at radius 2 is 2.00 bits per heavy atom. The highest BCUT2D eigenvalue weighted by Crippen LogP contribution is 2.29. The van der Waals surface area contributed by atoms with Crippen LogP contribution in [0.3, 0.4) is 0 Å². The van der Waals surface area contributed by atoms with Crippen LogP contribution in [0, 0.1) is 11.6 Å². The van der Waals surface area contributed by atoms with Crippen LogP contribution < -0.4 is 4.90 Å². The second kappa shape index (κ2) is 7.12. The van der Waals surface area contributed by atoms with Crippen molar-refractivity contribution < 1.29 is 18.7 Å². The molecule has 2 aromatic carbocycles. The van der Waals surface area contributed by atoms with Crippen LogP contribution in [0.5, 0.6) is 0 Å². The lowest BCUT2D eigenvalue weighted by Crippen LogP contribution is -2.23. The van der Waals surface area contributed by atoms with Gasteiger partial charge in [-0.1, -0.05) is 12.1 Å². The minimum Gasteiger partial charge on any atom is -0.385 e. The molecule has 1 N–H and O–H groups in total. The van der Waals surface area contributed by atoms with Crippen molar-refractivity contribution in [2.75, 3.05) is 11.4 Å². The molecule has 4 rings (SSSR count). The predicted octanol–water partition coefficient (Wildman–Crippen LogP) is 3.39. The zero-order valence-electron chi connectivity index (χ0n) is 15.1. The molecular formula is C20H18F2N4O2. The summed E-state index contributed by atoms with van der Waals surface area (Å²) in [6.45, 7) is 2.14. The quantitative estimate of drug-likeness (QED) is 0.749. The van der Waals surface area contributed by atoms with E-state index in [0.29, 0.717) is 24.2 Å². The molecule has 0 spiro atoms. The smallest absolute Gasteiger partial charge is 0.227 e. The normalized spacial score (nSPS) is 15.3. The number of aliphatic hydroxyl groups is 1. The van der Waals surface area contributed by atoms with Crippen LogP contribution in [-0.2, 0) is 4.79 Å². The minimum atomic E-state index is -0.966. The van der Waals surface area contributed by atoms with Gasteiger partial charge in [-0.2, -0.15) is 0 Å². The molecule has 1 unspecified atom stereocenters. The number of aromatic nitrogens is 3. The molecule has 1 saturated heterocycles. The van der Waals surface area contributed by atoms with Crippen molar-refractivity contribution in [1.29, 1.82) is 0 Å². The largest absolute Gasteiger partial charge is 0.385 e. The van der Waals surface area contributed by atoms with Crippen molar-refractivity contribution in [3.63, 3.8) is 0 Å². The summed E-state index contributed by atoms with van der Waals surface area (Å²) in [6.07, 6.45) is 0.339. The summed E-state index contributed by atoms with van der Waals surface area (Å²) in [5, 5.41) is 14.1. The van der Waals surface area contributed by atoms with Gasteiger partial charge in [0.2, 0.25) is 5.91 Å². The van der Waals surface area contributed by atoms with Crippen molar-refractivity contribution in [2.24, 2.45) is 0 Å². The first kappa shape index (κ1) is 18.2. The van der Waals surface area contributed by atoms with E-state index in [1.165, 1.54) is 17.7 Å². The van der Waals surface area contributed by atoms with Gasteiger partial charge in [-0.15, -0.1) is 5.10 Å². The van der Waals surface area contributed by atoms with Gasteiger partial charge < -0.3 is 10.0 Å². The van der Waals surface area contributed by atoms with E-state index in [2.05, 4.69) is 10.1 Å². The Hall–Kier alpha value is -3.13. The minimum absolute atomic E-state index is 0.0125. The molecular weight excluding hydrogens is 366 g/mol. The number of aliphatic hydroxyl groups excluding tert-OH is 1. The molecule has 2 heterocycles. The standard InChI is InChI=1S/C20H18F2N4O2/c1-12(27)19-23-20(26(24-19)17-8-7-14(21)11-16(17)22)13-4-2-5-15(10-13)25-9-3-6-18(25)28/h2,4-5,7-8,10-12,27H,3,6,9H2,1H3. The van der Waals surface area contributed by atoms with Gasteiger partial charge in [-0.25, -0.2) is 18.4 Å². The summed E-state index contributed by atoms with van der Waals surface area (Å²) in [5.41, 5.74) is 1.33. The molecule has 1 atom stereocenters. The van der Waals surface area contributed by atoms with Gasteiger partial charge in [-0.3, -0.25) is 4.79 Å². The summed E-state index contributed by atoms with van der Waals surface area (Å²) < 4.78 is 28.9. The van der Waals surface area contributed by atoms with Crippen molar-refractivity contribution in [1.82, 2.24) is 14.8 Å². The lowest BCUT2D eigenvalue weighted by atomic mass is 10.1. The molecule has 28 heavy (non-hydrogen) atoms. The second-order valence-corrected chi connectivity index (χ2v) is 6.68. The number of anilines is 1. The second-order valence-electron chi connectivity index (χ2n) is 6.68. The van der Waals surface area contributed by atoms with Crippen LogP contribution in [0.4, 0.5) is 14.5 Å². The Bertz CT molecular complexity index is 1050. The molecule has 0 radical (unpaired) electrons. The average Bonchev–Trinajstić information content (AvgIpc) is 3.28. The number of amides is 1. The lowest BCUT2D eigenvalue weighted by molar-refractivity contribution is -0.117. The van der Waals surface area contributed by atoms with E-state index in [4.69, 9.17) is 0 Å². The first-order chi connectivity index (χ1) is 13.4. The molecule has 1 amide bonds. The summed E-state index contributed by atoms with van der Waals surface area (Å²) in [6, 6.07) is 10.3. The fourth-order valence-corrected chi connectivity index (χ4v) is 3.25. The Balaban J connectivity index is 1.84. The van der Waals surface area contributed by atoms with Crippen LogP contribution in [0.25, 0.3) is 17.1 Å².